The molecule has 1 unspecified atom stereocenters. The largest absolute Gasteiger partial charge is 0.390 e. The number of anilines is 1. The van der Waals surface area contributed by atoms with Crippen LogP contribution in [0.4, 0.5) is 9.52 Å². The molecule has 0 aliphatic rings. The van der Waals surface area contributed by atoms with Crippen LogP contribution in [0.2, 0.25) is 0 Å². The van der Waals surface area contributed by atoms with Crippen LogP contribution in [0.15, 0.2) is 4.21 Å². The normalized spacial score (nSPS) is 13.2. The monoisotopic (exact) mass is 222 g/mol. The molecule has 3 nitrogen and oxygen atoms in total. The van der Waals surface area contributed by atoms with Crippen molar-refractivity contribution in [2.75, 3.05) is 18.2 Å². The topological polar surface area (TPSA) is 59.1 Å². The molecule has 0 saturated heterocycles. The number of halogens is 1. The second-order valence-electron chi connectivity index (χ2n) is 2.54. The molecule has 74 valence electrons. The highest BCUT2D eigenvalue weighted by Gasteiger charge is 2.09. The Bertz CT molecular complexity index is 279. The zero-order chi connectivity index (χ0) is 9.84. The molecular formula is C7H11FN2OS2. The Morgan fingerprint density at radius 2 is 2.46 bits per heavy atom. The van der Waals surface area contributed by atoms with E-state index in [1.54, 1.807) is 0 Å². The molecule has 0 saturated carbocycles. The van der Waals surface area contributed by atoms with E-state index < -0.39 is 12.8 Å². The summed E-state index contributed by atoms with van der Waals surface area (Å²) in [5, 5.41) is 9.48. The number of aliphatic hydroxyl groups is 1. The van der Waals surface area contributed by atoms with E-state index in [9.17, 15) is 4.39 Å². The standard InChI is InChI=1S/C7H11FN2OS2/c1-4-6(13-7(9)10-4)12-3-5(11)2-8/h5,11H,2-3H2,1H3,(H2,9,10). The van der Waals surface area contributed by atoms with Crippen LogP contribution >= 0.6 is 23.1 Å². The summed E-state index contributed by atoms with van der Waals surface area (Å²) < 4.78 is 12.8. The van der Waals surface area contributed by atoms with E-state index in [2.05, 4.69) is 4.98 Å². The number of nitrogen functional groups attached to an aromatic ring is 1. The van der Waals surface area contributed by atoms with Gasteiger partial charge in [0.2, 0.25) is 0 Å². The van der Waals surface area contributed by atoms with Gasteiger partial charge < -0.3 is 10.8 Å². The fourth-order valence-corrected chi connectivity index (χ4v) is 2.70. The zero-order valence-electron chi connectivity index (χ0n) is 7.16. The summed E-state index contributed by atoms with van der Waals surface area (Å²) in [6, 6.07) is 0. The number of alkyl halides is 1. The molecule has 1 aromatic rings. The molecule has 0 aliphatic heterocycles. The van der Waals surface area contributed by atoms with E-state index in [-0.39, 0.29) is 0 Å². The maximum Gasteiger partial charge on any atom is 0.181 e. The lowest BCUT2D eigenvalue weighted by molar-refractivity contribution is 0.162. The van der Waals surface area contributed by atoms with Crippen molar-refractivity contribution >= 4 is 28.2 Å². The molecule has 0 fully saturated rings. The summed E-state index contributed by atoms with van der Waals surface area (Å²) in [5.74, 6) is 0.346. The number of hydrogen-bond donors (Lipinski definition) is 2. The second kappa shape index (κ2) is 4.78. The van der Waals surface area contributed by atoms with E-state index in [0.29, 0.717) is 10.9 Å². The van der Waals surface area contributed by atoms with Gasteiger partial charge in [0.05, 0.1) is 16.0 Å². The van der Waals surface area contributed by atoms with Crippen molar-refractivity contribution in [3.05, 3.63) is 5.69 Å². The first-order chi connectivity index (χ1) is 6.13. The molecule has 0 aromatic carbocycles. The van der Waals surface area contributed by atoms with Crippen LogP contribution in [0.25, 0.3) is 0 Å². The third-order valence-corrected chi connectivity index (χ3v) is 3.85. The van der Waals surface area contributed by atoms with E-state index in [1.807, 2.05) is 6.92 Å². The highest BCUT2D eigenvalue weighted by Crippen LogP contribution is 2.30. The third-order valence-electron chi connectivity index (χ3n) is 1.36. The van der Waals surface area contributed by atoms with Gasteiger partial charge >= 0.3 is 0 Å². The van der Waals surface area contributed by atoms with Gasteiger partial charge in [-0.25, -0.2) is 9.37 Å². The first-order valence-corrected chi connectivity index (χ1v) is 5.53. The SMILES string of the molecule is Cc1nc(N)sc1SCC(O)CF. The molecule has 6 heteroatoms. The average Bonchev–Trinajstić information content (AvgIpc) is 2.41. The summed E-state index contributed by atoms with van der Waals surface area (Å²) in [6.07, 6.45) is -0.896. The number of thiazole rings is 1. The van der Waals surface area contributed by atoms with Gasteiger partial charge in [-0.2, -0.15) is 0 Å². The Balaban J connectivity index is 2.49. The molecular weight excluding hydrogens is 211 g/mol. The van der Waals surface area contributed by atoms with E-state index >= 15 is 0 Å². The molecule has 1 aromatic heterocycles. The first-order valence-electron chi connectivity index (χ1n) is 3.73. The number of rotatable bonds is 4. The number of aliphatic hydroxyl groups excluding tert-OH is 1. The van der Waals surface area contributed by atoms with Crippen LogP contribution in [0, 0.1) is 6.92 Å². The van der Waals surface area contributed by atoms with Gasteiger partial charge in [0, 0.05) is 5.75 Å². The Hall–Kier alpha value is -0.330. The van der Waals surface area contributed by atoms with E-state index in [0.717, 1.165) is 9.90 Å². The lowest BCUT2D eigenvalue weighted by atomic mass is 10.5. The van der Waals surface area contributed by atoms with Crippen LogP contribution < -0.4 is 5.73 Å². The number of nitrogens with zero attached hydrogens (tertiary/aromatic N) is 1. The maximum atomic E-state index is 11.9. The van der Waals surface area contributed by atoms with Crippen LogP contribution in [0.1, 0.15) is 5.69 Å². The minimum absolute atomic E-state index is 0.346. The highest BCUT2D eigenvalue weighted by molar-refractivity contribution is 8.01. The number of nitrogens with two attached hydrogens (primary N) is 1. The predicted molar refractivity (Wildman–Crippen MR) is 54.0 cm³/mol. The zero-order valence-corrected chi connectivity index (χ0v) is 8.79. The summed E-state index contributed by atoms with van der Waals surface area (Å²) in [4.78, 5) is 4.01. The molecule has 1 atom stereocenters. The predicted octanol–water partition coefficient (Wildman–Crippen LogP) is 1.46. The fourth-order valence-electron chi connectivity index (χ4n) is 0.753. The third kappa shape index (κ3) is 3.13. The number of thioether (sulfide) groups is 1. The molecule has 0 radical (unpaired) electrons. The lowest BCUT2D eigenvalue weighted by Gasteiger charge is -2.03. The van der Waals surface area contributed by atoms with Gasteiger partial charge in [0.1, 0.15) is 6.67 Å². The number of hydrogen-bond acceptors (Lipinski definition) is 5. The van der Waals surface area contributed by atoms with Crippen LogP contribution in [-0.2, 0) is 0 Å². The summed E-state index contributed by atoms with van der Waals surface area (Å²) in [5.41, 5.74) is 6.32. The van der Waals surface area contributed by atoms with Crippen LogP contribution in [-0.4, -0.2) is 28.6 Å². The van der Waals surface area contributed by atoms with Crippen molar-refractivity contribution in [2.24, 2.45) is 0 Å². The molecule has 13 heavy (non-hydrogen) atoms. The number of aromatic nitrogens is 1. The van der Waals surface area contributed by atoms with Gasteiger partial charge in [-0.3, -0.25) is 0 Å². The van der Waals surface area contributed by atoms with Gasteiger partial charge in [0.25, 0.3) is 0 Å². The quantitative estimate of drug-likeness (QED) is 0.757. The summed E-state index contributed by atoms with van der Waals surface area (Å²) in [7, 11) is 0. The Labute approximate surface area is 84.2 Å². The summed E-state index contributed by atoms with van der Waals surface area (Å²) in [6.45, 7) is 1.14. The minimum atomic E-state index is -0.896. The van der Waals surface area contributed by atoms with Gasteiger partial charge in [-0.05, 0) is 6.92 Å². The van der Waals surface area contributed by atoms with Gasteiger partial charge in [-0.1, -0.05) is 11.3 Å². The average molecular weight is 222 g/mol. The van der Waals surface area contributed by atoms with Crippen molar-refractivity contribution in [3.63, 3.8) is 0 Å². The second-order valence-corrected chi connectivity index (χ2v) is 4.86. The molecule has 3 N–H and O–H groups in total. The Kier molecular flexibility index (Phi) is 3.95. The lowest BCUT2D eigenvalue weighted by Crippen LogP contribution is -2.11. The van der Waals surface area contributed by atoms with Crippen molar-refractivity contribution in [3.8, 4) is 0 Å². The van der Waals surface area contributed by atoms with Gasteiger partial charge in [0.15, 0.2) is 5.13 Å². The Morgan fingerprint density at radius 3 is 2.92 bits per heavy atom. The van der Waals surface area contributed by atoms with Crippen molar-refractivity contribution in [2.45, 2.75) is 17.2 Å². The van der Waals surface area contributed by atoms with Crippen molar-refractivity contribution in [1.82, 2.24) is 4.98 Å². The van der Waals surface area contributed by atoms with Gasteiger partial charge in [-0.15, -0.1) is 11.8 Å². The first kappa shape index (κ1) is 10.7. The highest BCUT2D eigenvalue weighted by atomic mass is 32.2. The smallest absolute Gasteiger partial charge is 0.181 e. The van der Waals surface area contributed by atoms with Crippen molar-refractivity contribution < 1.29 is 9.50 Å². The number of aryl methyl sites for hydroxylation is 1. The van der Waals surface area contributed by atoms with E-state index in [4.69, 9.17) is 10.8 Å². The fraction of sp³-hybridized carbons (Fsp3) is 0.571. The maximum absolute atomic E-state index is 11.9. The minimum Gasteiger partial charge on any atom is -0.390 e. The summed E-state index contributed by atoms with van der Waals surface area (Å²) >= 11 is 2.75. The van der Waals surface area contributed by atoms with Crippen LogP contribution in [0.5, 0.6) is 0 Å². The molecule has 0 aliphatic carbocycles. The molecule has 1 rings (SSSR count). The van der Waals surface area contributed by atoms with E-state index in [1.165, 1.54) is 23.1 Å². The molecule has 0 amide bonds. The molecule has 1 heterocycles. The van der Waals surface area contributed by atoms with Crippen molar-refractivity contribution in [1.29, 1.82) is 0 Å². The molecule has 0 bridgehead atoms. The Morgan fingerprint density at radius 1 is 1.77 bits per heavy atom. The van der Waals surface area contributed by atoms with Crippen LogP contribution in [0.3, 0.4) is 0 Å². The molecule has 0 spiro atoms.